The van der Waals surface area contributed by atoms with Gasteiger partial charge in [-0.15, -0.1) is 11.3 Å². The van der Waals surface area contributed by atoms with E-state index in [-0.39, 0.29) is 25.3 Å². The predicted octanol–water partition coefficient (Wildman–Crippen LogP) is 3.10. The molecule has 0 aliphatic rings. The molecule has 4 aromatic rings. The molecule has 1 aromatic heterocycles. The van der Waals surface area contributed by atoms with Gasteiger partial charge in [-0.2, -0.15) is 0 Å². The second-order valence-electron chi connectivity index (χ2n) is 12.1. The lowest BCUT2D eigenvalue weighted by atomic mass is 10.0. The van der Waals surface area contributed by atoms with Crippen molar-refractivity contribution in [1.29, 1.82) is 0 Å². The van der Waals surface area contributed by atoms with Gasteiger partial charge in [0.1, 0.15) is 30.5 Å². The van der Waals surface area contributed by atoms with Crippen molar-refractivity contribution in [2.45, 2.75) is 56.8 Å². The van der Waals surface area contributed by atoms with E-state index in [1.807, 2.05) is 66.0 Å². The quantitative estimate of drug-likeness (QED) is 0.0406. The highest BCUT2D eigenvalue weighted by molar-refractivity contribution is 7.12. The number of primary amides is 1. The Bertz CT molecular complexity index is 1780. The fourth-order valence-corrected chi connectivity index (χ4v) is 6.15. The van der Waals surface area contributed by atoms with Gasteiger partial charge < -0.3 is 43.6 Å². The molecule has 0 saturated heterocycles. The zero-order chi connectivity index (χ0) is 37.3. The van der Waals surface area contributed by atoms with Crippen LogP contribution in [0.25, 0.3) is 11.1 Å². The van der Waals surface area contributed by atoms with Crippen LogP contribution >= 0.6 is 11.3 Å². The van der Waals surface area contributed by atoms with Crippen LogP contribution in [0.3, 0.4) is 0 Å². The highest BCUT2D eigenvalue weighted by atomic mass is 32.1. The van der Waals surface area contributed by atoms with Crippen molar-refractivity contribution >= 4 is 40.9 Å². The molecule has 14 heteroatoms. The zero-order valence-corrected chi connectivity index (χ0v) is 29.6. The lowest BCUT2D eigenvalue weighted by Crippen LogP contribution is -2.54. The third-order valence-electron chi connectivity index (χ3n) is 8.11. The summed E-state index contributed by atoms with van der Waals surface area (Å²) in [6, 6.07) is 24.4. The number of carbonyl (C=O) groups is 4. The molecule has 0 aliphatic carbocycles. The maximum Gasteiger partial charge on any atom is 0.262 e. The van der Waals surface area contributed by atoms with Gasteiger partial charge in [0.05, 0.1) is 4.88 Å². The minimum absolute atomic E-state index is 0.0907. The van der Waals surface area contributed by atoms with E-state index in [1.165, 1.54) is 11.3 Å². The van der Waals surface area contributed by atoms with Crippen LogP contribution in [-0.4, -0.2) is 54.8 Å². The minimum atomic E-state index is -1.18. The molecule has 4 amide bonds. The number of aliphatic imine (C=N–C) groups is 1. The average Bonchev–Trinajstić information content (AvgIpc) is 3.65. The van der Waals surface area contributed by atoms with Gasteiger partial charge in [0.2, 0.25) is 17.7 Å². The number of amides is 4. The number of nitrogens with two attached hydrogens (primary N) is 4. The van der Waals surface area contributed by atoms with Crippen molar-refractivity contribution in [3.05, 3.63) is 112 Å². The van der Waals surface area contributed by atoms with Crippen LogP contribution in [0.2, 0.25) is 0 Å². The summed E-state index contributed by atoms with van der Waals surface area (Å²) in [5.41, 5.74) is 25.6. The molecule has 1 heterocycles. The maximum atomic E-state index is 13.8. The van der Waals surface area contributed by atoms with Crippen molar-refractivity contribution in [3.8, 4) is 16.9 Å². The Morgan fingerprint density at radius 1 is 0.731 bits per heavy atom. The summed E-state index contributed by atoms with van der Waals surface area (Å²) in [7, 11) is 0. The molecule has 0 radical (unpaired) electrons. The topological polar surface area (TPSA) is 230 Å². The number of ether oxygens (including phenoxy) is 1. The van der Waals surface area contributed by atoms with E-state index in [9.17, 15) is 19.2 Å². The maximum absolute atomic E-state index is 13.8. The number of hydrogen-bond acceptors (Lipinski definition) is 8. The Hall–Kier alpha value is -5.73. The fourth-order valence-electron chi connectivity index (χ4n) is 5.33. The molecular weight excluding hydrogens is 681 g/mol. The van der Waals surface area contributed by atoms with Crippen LogP contribution in [0.4, 0.5) is 0 Å². The highest BCUT2D eigenvalue weighted by Gasteiger charge is 2.30. The summed E-state index contributed by atoms with van der Waals surface area (Å²) >= 11 is 1.25. The van der Waals surface area contributed by atoms with Gasteiger partial charge in [0, 0.05) is 6.54 Å². The lowest BCUT2D eigenvalue weighted by molar-refractivity contribution is -0.132. The molecule has 11 N–H and O–H groups in total. The fraction of sp³-hybridized carbons (Fsp3) is 0.289. The first-order valence-electron chi connectivity index (χ1n) is 17.0. The summed E-state index contributed by atoms with van der Waals surface area (Å²) in [6.45, 7) is 0.980. The Kier molecular flexibility index (Phi) is 15.2. The molecule has 0 spiro atoms. The van der Waals surface area contributed by atoms with Gasteiger partial charge in [-0.1, -0.05) is 72.8 Å². The van der Waals surface area contributed by atoms with E-state index in [4.69, 9.17) is 27.7 Å². The second-order valence-corrected chi connectivity index (χ2v) is 13.0. The number of guanidine groups is 1. The molecular formula is C38H46N8O5S. The minimum Gasteiger partial charge on any atom is -0.489 e. The highest BCUT2D eigenvalue weighted by Crippen LogP contribution is 2.26. The third kappa shape index (κ3) is 12.2. The second kappa shape index (κ2) is 20.2. The number of benzene rings is 3. The largest absolute Gasteiger partial charge is 0.489 e. The normalized spacial score (nSPS) is 12.5. The Morgan fingerprint density at radius 3 is 2.02 bits per heavy atom. The Labute approximate surface area is 307 Å². The van der Waals surface area contributed by atoms with Crippen LogP contribution in [0, 0.1) is 0 Å². The molecule has 13 nitrogen and oxygen atoms in total. The number of rotatable bonds is 20. The smallest absolute Gasteiger partial charge is 0.262 e. The van der Waals surface area contributed by atoms with Crippen LogP contribution in [0.15, 0.2) is 101 Å². The van der Waals surface area contributed by atoms with E-state index in [1.54, 1.807) is 30.3 Å². The van der Waals surface area contributed by atoms with Crippen LogP contribution in [0.5, 0.6) is 5.75 Å². The van der Waals surface area contributed by atoms with Gasteiger partial charge in [0.25, 0.3) is 5.91 Å². The lowest BCUT2D eigenvalue weighted by Gasteiger charge is -2.25. The van der Waals surface area contributed by atoms with Gasteiger partial charge in [0.15, 0.2) is 5.96 Å². The van der Waals surface area contributed by atoms with E-state index < -0.39 is 41.8 Å². The molecule has 0 unspecified atom stereocenters. The number of thiophene rings is 1. The molecule has 0 saturated carbocycles. The molecule has 0 fully saturated rings. The van der Waals surface area contributed by atoms with E-state index >= 15 is 0 Å². The van der Waals surface area contributed by atoms with E-state index in [2.05, 4.69) is 20.9 Å². The Morgan fingerprint density at radius 2 is 1.37 bits per heavy atom. The average molecular weight is 727 g/mol. The summed E-state index contributed by atoms with van der Waals surface area (Å²) in [5, 5.41) is 10.2. The number of carbonyl (C=O) groups excluding carboxylic acids is 4. The number of unbranched alkanes of at least 4 members (excludes halogenated alkanes) is 1. The first kappa shape index (κ1) is 39.1. The number of nitrogens with zero attached hydrogens (tertiary/aromatic N) is 1. The zero-order valence-electron chi connectivity index (χ0n) is 28.8. The molecule has 3 aromatic carbocycles. The van der Waals surface area contributed by atoms with Gasteiger partial charge in [-0.25, -0.2) is 0 Å². The summed E-state index contributed by atoms with van der Waals surface area (Å²) < 4.78 is 5.84. The predicted molar refractivity (Wildman–Crippen MR) is 203 cm³/mol. The molecule has 274 valence electrons. The van der Waals surface area contributed by atoms with E-state index in [0.717, 1.165) is 16.7 Å². The SMILES string of the molecule is NCCCC[C@H](NC(=O)[C@H](CCCN=C(N)N)NC(=O)c1cc(-c2ccccc2)cs1)C(=O)N[C@@H](C(N)=O)c1ccc(OCc2ccccc2)cc1. The first-order chi connectivity index (χ1) is 25.1. The van der Waals surface area contributed by atoms with Gasteiger partial charge >= 0.3 is 0 Å². The van der Waals surface area contributed by atoms with Crippen LogP contribution < -0.4 is 43.6 Å². The standard InChI is InChI=1S/C38H46N8O5S/c39-20-8-7-14-30(36(49)46-33(34(40)47)27-16-18-29(19-17-27)51-23-25-10-3-1-4-11-25)44-35(48)31(15-9-21-43-38(41)42)45-37(50)32-22-28(24-52-32)26-12-5-2-6-13-26/h1-6,10-13,16-19,22,24,30-31,33H,7-9,14-15,20-21,23,39H2,(H2,40,47)(H,44,48)(H,45,50)(H,46,49)(H4,41,42,43)/t30-,31-,33+/m0/s1. The first-order valence-corrected chi connectivity index (χ1v) is 17.9. The van der Waals surface area contributed by atoms with Crippen LogP contribution in [-0.2, 0) is 21.0 Å². The van der Waals surface area contributed by atoms with E-state index in [0.29, 0.717) is 48.6 Å². The molecule has 52 heavy (non-hydrogen) atoms. The molecule has 3 atom stereocenters. The molecule has 0 bridgehead atoms. The van der Waals surface area contributed by atoms with Gasteiger partial charge in [-0.3, -0.25) is 24.2 Å². The summed E-state index contributed by atoms with van der Waals surface area (Å²) in [6.07, 6.45) is 1.90. The van der Waals surface area contributed by atoms with Crippen molar-refractivity contribution in [2.24, 2.45) is 27.9 Å². The molecule has 0 aliphatic heterocycles. The van der Waals surface area contributed by atoms with Crippen molar-refractivity contribution < 1.29 is 23.9 Å². The number of hydrogen-bond donors (Lipinski definition) is 7. The van der Waals surface area contributed by atoms with Crippen LogP contribution in [0.1, 0.15) is 58.9 Å². The summed E-state index contributed by atoms with van der Waals surface area (Å²) in [5.74, 6) is -1.94. The third-order valence-corrected chi connectivity index (χ3v) is 9.04. The monoisotopic (exact) mass is 726 g/mol. The van der Waals surface area contributed by atoms with Crippen molar-refractivity contribution in [1.82, 2.24) is 16.0 Å². The number of nitrogens with one attached hydrogen (secondary N) is 3. The van der Waals surface area contributed by atoms with Crippen molar-refractivity contribution in [2.75, 3.05) is 13.1 Å². The van der Waals surface area contributed by atoms with Crippen molar-refractivity contribution in [3.63, 3.8) is 0 Å². The summed E-state index contributed by atoms with van der Waals surface area (Å²) in [4.78, 5) is 57.9. The molecule has 4 rings (SSSR count). The van der Waals surface area contributed by atoms with Gasteiger partial charge in [-0.05, 0) is 84.5 Å². The Balaban J connectivity index is 1.46.